The molecule has 2 aromatic rings. The van der Waals surface area contributed by atoms with Crippen LogP contribution in [0.1, 0.15) is 5.56 Å². The van der Waals surface area contributed by atoms with Crippen molar-refractivity contribution in [2.24, 2.45) is 0 Å². The molecule has 0 amide bonds. The van der Waals surface area contributed by atoms with Crippen LogP contribution in [-0.2, 0) is 21.4 Å². The molecule has 0 aliphatic carbocycles. The number of anilines is 2. The van der Waals surface area contributed by atoms with Gasteiger partial charge in [-0.05, 0) is 6.07 Å². The van der Waals surface area contributed by atoms with Crippen molar-refractivity contribution in [2.45, 2.75) is 11.5 Å². The Morgan fingerprint density at radius 3 is 2.55 bits per heavy atom. The van der Waals surface area contributed by atoms with E-state index in [2.05, 4.69) is 14.7 Å². The minimum absolute atomic E-state index is 0.0173. The molecule has 7 nitrogen and oxygen atoms in total. The Bertz CT molecular complexity index is 686. The van der Waals surface area contributed by atoms with Gasteiger partial charge in [0.15, 0.2) is 0 Å². The number of ether oxygens (including phenoxy) is 1. The quantitative estimate of drug-likeness (QED) is 0.852. The van der Waals surface area contributed by atoms with E-state index in [0.29, 0.717) is 12.3 Å². The number of sulfonamides is 1. The molecule has 1 heterocycles. The SMILES string of the molecule is COCc1ccccc1NS(=O)(=O)c1cnc(N)nc1. The van der Waals surface area contributed by atoms with Gasteiger partial charge in [0.1, 0.15) is 4.90 Å². The molecule has 0 atom stereocenters. The highest BCUT2D eigenvalue weighted by Crippen LogP contribution is 2.20. The Kier molecular flexibility index (Phi) is 4.16. The molecule has 0 aliphatic rings. The topological polar surface area (TPSA) is 107 Å². The first-order valence-corrected chi connectivity index (χ1v) is 7.18. The lowest BCUT2D eigenvalue weighted by molar-refractivity contribution is 0.185. The highest BCUT2D eigenvalue weighted by atomic mass is 32.2. The number of nitrogens with one attached hydrogen (secondary N) is 1. The molecule has 1 aromatic carbocycles. The maximum absolute atomic E-state index is 12.2. The van der Waals surface area contributed by atoms with E-state index in [-0.39, 0.29) is 10.8 Å². The van der Waals surface area contributed by atoms with Crippen LogP contribution >= 0.6 is 0 Å². The second kappa shape index (κ2) is 5.85. The van der Waals surface area contributed by atoms with Gasteiger partial charge in [0.25, 0.3) is 10.0 Å². The number of nitrogens with two attached hydrogens (primary N) is 1. The summed E-state index contributed by atoms with van der Waals surface area (Å²) in [5, 5.41) is 0. The molecular weight excluding hydrogens is 280 g/mol. The van der Waals surface area contributed by atoms with Gasteiger partial charge < -0.3 is 10.5 Å². The number of hydrogen-bond acceptors (Lipinski definition) is 6. The number of nitrogen functional groups attached to an aromatic ring is 1. The zero-order chi connectivity index (χ0) is 14.6. The number of methoxy groups -OCH3 is 1. The second-order valence-electron chi connectivity index (χ2n) is 3.97. The highest BCUT2D eigenvalue weighted by molar-refractivity contribution is 7.92. The van der Waals surface area contributed by atoms with Crippen molar-refractivity contribution >= 4 is 21.7 Å². The standard InChI is InChI=1S/C12H14N4O3S/c1-19-8-9-4-2-3-5-11(9)16-20(17,18)10-6-14-12(13)15-7-10/h2-7,16H,8H2,1H3,(H2,13,14,15). The van der Waals surface area contributed by atoms with E-state index < -0.39 is 10.0 Å². The normalized spacial score (nSPS) is 11.2. The van der Waals surface area contributed by atoms with Gasteiger partial charge in [0, 0.05) is 12.7 Å². The van der Waals surface area contributed by atoms with E-state index in [4.69, 9.17) is 10.5 Å². The van der Waals surface area contributed by atoms with Gasteiger partial charge in [-0.1, -0.05) is 18.2 Å². The zero-order valence-electron chi connectivity index (χ0n) is 10.8. The Balaban J connectivity index is 2.31. The molecule has 0 unspecified atom stereocenters. The van der Waals surface area contributed by atoms with Gasteiger partial charge in [0.2, 0.25) is 5.95 Å². The minimum Gasteiger partial charge on any atom is -0.380 e. The summed E-state index contributed by atoms with van der Waals surface area (Å²) in [6, 6.07) is 6.97. The van der Waals surface area contributed by atoms with Crippen LogP contribution in [0, 0.1) is 0 Å². The molecule has 0 saturated heterocycles. The van der Waals surface area contributed by atoms with E-state index in [1.807, 2.05) is 0 Å². The summed E-state index contributed by atoms with van der Waals surface area (Å²) in [5.74, 6) is 0.0173. The monoisotopic (exact) mass is 294 g/mol. The van der Waals surface area contributed by atoms with Crippen molar-refractivity contribution in [1.82, 2.24) is 9.97 Å². The third-order valence-corrected chi connectivity index (χ3v) is 3.84. The van der Waals surface area contributed by atoms with E-state index in [1.54, 1.807) is 31.4 Å². The number of rotatable bonds is 5. The van der Waals surface area contributed by atoms with Crippen molar-refractivity contribution in [3.05, 3.63) is 42.2 Å². The van der Waals surface area contributed by atoms with Crippen LogP contribution in [-0.4, -0.2) is 25.5 Å². The first kappa shape index (κ1) is 14.2. The van der Waals surface area contributed by atoms with Crippen LogP contribution in [0.3, 0.4) is 0 Å². The van der Waals surface area contributed by atoms with Crippen molar-refractivity contribution in [2.75, 3.05) is 17.6 Å². The largest absolute Gasteiger partial charge is 0.380 e. The van der Waals surface area contributed by atoms with Crippen molar-refractivity contribution in [3.8, 4) is 0 Å². The average Bonchev–Trinajstić information content (AvgIpc) is 2.41. The van der Waals surface area contributed by atoms with Crippen LogP contribution in [0.5, 0.6) is 0 Å². The third kappa shape index (κ3) is 3.22. The second-order valence-corrected chi connectivity index (χ2v) is 5.66. The zero-order valence-corrected chi connectivity index (χ0v) is 11.6. The van der Waals surface area contributed by atoms with Crippen LogP contribution < -0.4 is 10.5 Å². The minimum atomic E-state index is -3.76. The summed E-state index contributed by atoms with van der Waals surface area (Å²) in [4.78, 5) is 7.28. The molecule has 0 fully saturated rings. The Labute approximate surface area is 116 Å². The smallest absolute Gasteiger partial charge is 0.264 e. The summed E-state index contributed by atoms with van der Waals surface area (Å²) in [6.45, 7) is 0.303. The first-order chi connectivity index (χ1) is 9.53. The summed E-state index contributed by atoms with van der Waals surface area (Å²) in [7, 11) is -2.22. The van der Waals surface area contributed by atoms with Gasteiger partial charge in [-0.3, -0.25) is 4.72 Å². The number of benzene rings is 1. The molecule has 2 rings (SSSR count). The summed E-state index contributed by atoms with van der Waals surface area (Å²) >= 11 is 0. The predicted octanol–water partition coefficient (Wildman–Crippen LogP) is 1.01. The molecular formula is C12H14N4O3S. The van der Waals surface area contributed by atoms with Crippen molar-refractivity contribution in [3.63, 3.8) is 0 Å². The maximum Gasteiger partial charge on any atom is 0.264 e. The van der Waals surface area contributed by atoms with Crippen LogP contribution in [0.2, 0.25) is 0 Å². The van der Waals surface area contributed by atoms with Gasteiger partial charge in [0.05, 0.1) is 24.7 Å². The lowest BCUT2D eigenvalue weighted by Crippen LogP contribution is -2.15. The lowest BCUT2D eigenvalue weighted by atomic mass is 10.2. The molecule has 20 heavy (non-hydrogen) atoms. The van der Waals surface area contributed by atoms with Crippen LogP contribution in [0.15, 0.2) is 41.6 Å². The average molecular weight is 294 g/mol. The molecule has 0 aliphatic heterocycles. The van der Waals surface area contributed by atoms with E-state index in [0.717, 1.165) is 18.0 Å². The molecule has 3 N–H and O–H groups in total. The van der Waals surface area contributed by atoms with Gasteiger partial charge in [-0.2, -0.15) is 0 Å². The fraction of sp³-hybridized carbons (Fsp3) is 0.167. The fourth-order valence-corrected chi connectivity index (χ4v) is 2.56. The van der Waals surface area contributed by atoms with Crippen molar-refractivity contribution in [1.29, 1.82) is 0 Å². The Morgan fingerprint density at radius 2 is 1.90 bits per heavy atom. The summed E-state index contributed by atoms with van der Waals surface area (Å²) in [6.07, 6.45) is 2.31. The van der Waals surface area contributed by atoms with Crippen molar-refractivity contribution < 1.29 is 13.2 Å². The molecule has 0 radical (unpaired) electrons. The molecule has 0 bridgehead atoms. The van der Waals surface area contributed by atoms with E-state index >= 15 is 0 Å². The number of aromatic nitrogens is 2. The number of hydrogen-bond donors (Lipinski definition) is 2. The van der Waals surface area contributed by atoms with Crippen LogP contribution in [0.4, 0.5) is 11.6 Å². The Morgan fingerprint density at radius 1 is 1.25 bits per heavy atom. The molecule has 0 saturated carbocycles. The molecule has 0 spiro atoms. The van der Waals surface area contributed by atoms with Crippen LogP contribution in [0.25, 0.3) is 0 Å². The van der Waals surface area contributed by atoms with Gasteiger partial charge >= 0.3 is 0 Å². The van der Waals surface area contributed by atoms with Gasteiger partial charge in [-0.15, -0.1) is 0 Å². The molecule has 1 aromatic heterocycles. The lowest BCUT2D eigenvalue weighted by Gasteiger charge is -2.11. The molecule has 106 valence electrons. The molecule has 8 heteroatoms. The maximum atomic E-state index is 12.2. The van der Waals surface area contributed by atoms with E-state index in [9.17, 15) is 8.42 Å². The number of para-hydroxylation sites is 1. The predicted molar refractivity (Wildman–Crippen MR) is 74.4 cm³/mol. The summed E-state index contributed by atoms with van der Waals surface area (Å²) < 4.78 is 31.9. The van der Waals surface area contributed by atoms with E-state index in [1.165, 1.54) is 0 Å². The third-order valence-electron chi connectivity index (χ3n) is 2.52. The number of nitrogens with zero attached hydrogens (tertiary/aromatic N) is 2. The highest BCUT2D eigenvalue weighted by Gasteiger charge is 2.16. The Hall–Kier alpha value is -2.19. The summed E-state index contributed by atoms with van der Waals surface area (Å²) in [5.41, 5.74) is 6.51. The van der Waals surface area contributed by atoms with Gasteiger partial charge in [-0.25, -0.2) is 18.4 Å². The first-order valence-electron chi connectivity index (χ1n) is 5.70. The fourth-order valence-electron chi connectivity index (χ4n) is 1.57.